The minimum absolute atomic E-state index is 0.199. The summed E-state index contributed by atoms with van der Waals surface area (Å²) in [4.78, 5) is 38.6. The SMILES string of the molecule is Cc1ccccc1CNC(=O)Cn1c(=O)c(=O)[nH]c2ccccc21. The second-order valence-electron chi connectivity index (χ2n) is 5.57. The van der Waals surface area contributed by atoms with Crippen molar-refractivity contribution in [3.8, 4) is 0 Å². The number of hydrogen-bond donors (Lipinski definition) is 2. The van der Waals surface area contributed by atoms with Gasteiger partial charge in [-0.15, -0.1) is 0 Å². The Bertz CT molecular complexity index is 1020. The van der Waals surface area contributed by atoms with E-state index >= 15 is 0 Å². The molecular weight excluding hydrogens is 306 g/mol. The molecule has 0 aliphatic rings. The molecule has 0 aliphatic heterocycles. The number of carbonyl (C=O) groups is 1. The molecule has 1 heterocycles. The molecule has 2 aromatic carbocycles. The van der Waals surface area contributed by atoms with E-state index in [4.69, 9.17) is 0 Å². The highest BCUT2D eigenvalue weighted by Crippen LogP contribution is 2.08. The van der Waals surface area contributed by atoms with Crippen LogP contribution in [0, 0.1) is 6.92 Å². The lowest BCUT2D eigenvalue weighted by Crippen LogP contribution is -2.40. The Labute approximate surface area is 137 Å². The maximum atomic E-state index is 12.2. The quantitative estimate of drug-likeness (QED) is 0.710. The van der Waals surface area contributed by atoms with Crippen molar-refractivity contribution >= 4 is 16.9 Å². The van der Waals surface area contributed by atoms with Crippen LogP contribution in [-0.2, 0) is 17.9 Å². The summed E-state index contributed by atoms with van der Waals surface area (Å²) in [6.45, 7) is 2.15. The van der Waals surface area contributed by atoms with Gasteiger partial charge in [-0.05, 0) is 30.2 Å². The number of para-hydroxylation sites is 2. The van der Waals surface area contributed by atoms with E-state index in [1.807, 2.05) is 31.2 Å². The summed E-state index contributed by atoms with van der Waals surface area (Å²) in [6.07, 6.45) is 0. The van der Waals surface area contributed by atoms with E-state index in [1.54, 1.807) is 24.3 Å². The molecule has 1 aromatic heterocycles. The van der Waals surface area contributed by atoms with Crippen LogP contribution in [0.2, 0.25) is 0 Å². The lowest BCUT2D eigenvalue weighted by atomic mass is 10.1. The van der Waals surface area contributed by atoms with E-state index < -0.39 is 11.1 Å². The van der Waals surface area contributed by atoms with Crippen molar-refractivity contribution in [2.45, 2.75) is 20.0 Å². The molecule has 3 aromatic rings. The van der Waals surface area contributed by atoms with E-state index in [2.05, 4.69) is 10.3 Å². The van der Waals surface area contributed by atoms with Gasteiger partial charge in [0.15, 0.2) is 0 Å². The second-order valence-corrected chi connectivity index (χ2v) is 5.57. The molecule has 122 valence electrons. The van der Waals surface area contributed by atoms with Crippen LogP contribution in [0.1, 0.15) is 11.1 Å². The number of aromatic amines is 1. The average molecular weight is 323 g/mol. The predicted molar refractivity (Wildman–Crippen MR) is 91.9 cm³/mol. The Morgan fingerprint density at radius 1 is 1.08 bits per heavy atom. The van der Waals surface area contributed by atoms with Gasteiger partial charge < -0.3 is 10.3 Å². The van der Waals surface area contributed by atoms with Crippen LogP contribution in [0.4, 0.5) is 0 Å². The molecule has 0 spiro atoms. The maximum Gasteiger partial charge on any atom is 0.317 e. The number of aromatic nitrogens is 2. The fourth-order valence-corrected chi connectivity index (χ4v) is 2.58. The van der Waals surface area contributed by atoms with E-state index in [0.717, 1.165) is 11.1 Å². The van der Waals surface area contributed by atoms with Crippen LogP contribution in [0.15, 0.2) is 58.1 Å². The van der Waals surface area contributed by atoms with Crippen LogP contribution in [0.25, 0.3) is 11.0 Å². The zero-order valence-corrected chi connectivity index (χ0v) is 13.2. The molecular formula is C18H17N3O3. The van der Waals surface area contributed by atoms with Crippen molar-refractivity contribution in [2.24, 2.45) is 0 Å². The highest BCUT2D eigenvalue weighted by molar-refractivity contribution is 5.79. The summed E-state index contributed by atoms with van der Waals surface area (Å²) < 4.78 is 1.20. The van der Waals surface area contributed by atoms with Gasteiger partial charge in [0.2, 0.25) is 5.91 Å². The van der Waals surface area contributed by atoms with Crippen molar-refractivity contribution in [3.63, 3.8) is 0 Å². The van der Waals surface area contributed by atoms with Crippen LogP contribution >= 0.6 is 0 Å². The van der Waals surface area contributed by atoms with Crippen molar-refractivity contribution < 1.29 is 4.79 Å². The first-order valence-corrected chi connectivity index (χ1v) is 7.59. The summed E-state index contributed by atoms with van der Waals surface area (Å²) >= 11 is 0. The maximum absolute atomic E-state index is 12.2. The van der Waals surface area contributed by atoms with Gasteiger partial charge >= 0.3 is 11.1 Å². The van der Waals surface area contributed by atoms with Gasteiger partial charge in [0.05, 0.1) is 11.0 Å². The molecule has 0 saturated carbocycles. The third-order valence-electron chi connectivity index (χ3n) is 3.92. The van der Waals surface area contributed by atoms with Gasteiger partial charge in [0, 0.05) is 6.54 Å². The highest BCUT2D eigenvalue weighted by atomic mass is 16.2. The molecule has 0 saturated heterocycles. The first-order valence-electron chi connectivity index (χ1n) is 7.59. The van der Waals surface area contributed by atoms with Crippen LogP contribution in [0.3, 0.4) is 0 Å². The molecule has 2 N–H and O–H groups in total. The molecule has 6 heteroatoms. The second kappa shape index (κ2) is 6.54. The fourth-order valence-electron chi connectivity index (χ4n) is 2.58. The Balaban J connectivity index is 1.83. The molecule has 0 unspecified atom stereocenters. The number of carbonyl (C=O) groups excluding carboxylic acids is 1. The zero-order chi connectivity index (χ0) is 17.1. The molecule has 0 fully saturated rings. The van der Waals surface area contributed by atoms with Crippen LogP contribution in [0.5, 0.6) is 0 Å². The van der Waals surface area contributed by atoms with Gasteiger partial charge in [-0.1, -0.05) is 36.4 Å². The number of rotatable bonds is 4. The molecule has 0 radical (unpaired) electrons. The van der Waals surface area contributed by atoms with Crippen LogP contribution in [-0.4, -0.2) is 15.5 Å². The topological polar surface area (TPSA) is 84.0 Å². The lowest BCUT2D eigenvalue weighted by Gasteiger charge is -2.11. The van der Waals surface area contributed by atoms with Crippen molar-refractivity contribution in [1.29, 1.82) is 0 Å². The van der Waals surface area contributed by atoms with Gasteiger partial charge in [0.25, 0.3) is 0 Å². The molecule has 1 amide bonds. The van der Waals surface area contributed by atoms with E-state index in [-0.39, 0.29) is 12.5 Å². The molecule has 0 atom stereocenters. The minimum atomic E-state index is -0.736. The van der Waals surface area contributed by atoms with E-state index in [0.29, 0.717) is 17.6 Å². The number of nitrogens with one attached hydrogen (secondary N) is 2. The Morgan fingerprint density at radius 2 is 1.79 bits per heavy atom. The monoisotopic (exact) mass is 323 g/mol. The van der Waals surface area contributed by atoms with Gasteiger partial charge in [0.1, 0.15) is 6.54 Å². The molecule has 3 rings (SSSR count). The molecule has 24 heavy (non-hydrogen) atoms. The van der Waals surface area contributed by atoms with Gasteiger partial charge in [-0.2, -0.15) is 0 Å². The third-order valence-corrected chi connectivity index (χ3v) is 3.92. The first kappa shape index (κ1) is 15.7. The highest BCUT2D eigenvalue weighted by Gasteiger charge is 2.11. The molecule has 6 nitrogen and oxygen atoms in total. The number of hydrogen-bond acceptors (Lipinski definition) is 3. The number of aryl methyl sites for hydroxylation is 1. The van der Waals surface area contributed by atoms with Crippen molar-refractivity contribution in [2.75, 3.05) is 0 Å². The predicted octanol–water partition coefficient (Wildman–Crippen LogP) is 1.31. The Morgan fingerprint density at radius 3 is 2.58 bits per heavy atom. The summed E-state index contributed by atoms with van der Waals surface area (Å²) in [5.41, 5.74) is 1.66. The summed E-state index contributed by atoms with van der Waals surface area (Å²) in [5, 5.41) is 2.79. The number of nitrogens with zero attached hydrogens (tertiary/aromatic N) is 1. The van der Waals surface area contributed by atoms with Crippen molar-refractivity contribution in [3.05, 3.63) is 80.4 Å². The summed E-state index contributed by atoms with van der Waals surface area (Å²) in [5.74, 6) is -0.323. The number of benzene rings is 2. The largest absolute Gasteiger partial charge is 0.350 e. The molecule has 0 aliphatic carbocycles. The third kappa shape index (κ3) is 3.12. The van der Waals surface area contributed by atoms with Gasteiger partial charge in [-0.3, -0.25) is 19.0 Å². The standard InChI is InChI=1S/C18H17N3O3/c1-12-6-2-3-7-13(12)10-19-16(22)11-21-15-9-5-4-8-14(15)20-17(23)18(21)24/h2-9H,10-11H2,1H3,(H,19,22)(H,20,23). The van der Waals surface area contributed by atoms with Crippen molar-refractivity contribution in [1.82, 2.24) is 14.9 Å². The number of fused-ring (bicyclic) bond motifs is 1. The Kier molecular flexibility index (Phi) is 4.29. The lowest BCUT2D eigenvalue weighted by molar-refractivity contribution is -0.121. The summed E-state index contributed by atoms with van der Waals surface area (Å²) in [7, 11) is 0. The zero-order valence-electron chi connectivity index (χ0n) is 13.2. The fraction of sp³-hybridized carbons (Fsp3) is 0.167. The number of amides is 1. The first-order chi connectivity index (χ1) is 11.6. The smallest absolute Gasteiger partial charge is 0.317 e. The molecule has 0 bridgehead atoms. The van der Waals surface area contributed by atoms with Crippen LogP contribution < -0.4 is 16.4 Å². The Hall–Kier alpha value is -3.15. The number of H-pyrrole nitrogens is 1. The normalized spacial score (nSPS) is 10.7. The summed E-state index contributed by atoms with van der Waals surface area (Å²) in [6, 6.07) is 14.6. The van der Waals surface area contributed by atoms with Gasteiger partial charge in [-0.25, -0.2) is 0 Å². The average Bonchev–Trinajstić information content (AvgIpc) is 2.58. The minimum Gasteiger partial charge on any atom is -0.350 e. The van der Waals surface area contributed by atoms with E-state index in [9.17, 15) is 14.4 Å². The van der Waals surface area contributed by atoms with E-state index in [1.165, 1.54) is 4.57 Å².